The molecule has 3 heteroatoms. The molecule has 0 spiro atoms. The lowest BCUT2D eigenvalue weighted by molar-refractivity contribution is 1.43. The van der Waals surface area contributed by atoms with Crippen molar-refractivity contribution in [1.29, 1.82) is 5.41 Å². The van der Waals surface area contributed by atoms with E-state index >= 15 is 0 Å². The molecule has 23 heavy (non-hydrogen) atoms. The zero-order valence-electron chi connectivity index (χ0n) is 12.8. The van der Waals surface area contributed by atoms with Crippen LogP contribution in [0.1, 0.15) is 11.1 Å². The van der Waals surface area contributed by atoms with Gasteiger partial charge in [0.25, 0.3) is 0 Å². The van der Waals surface area contributed by atoms with E-state index in [-0.39, 0.29) is 0 Å². The smallest absolute Gasteiger partial charge is 0.151 e. The van der Waals surface area contributed by atoms with Gasteiger partial charge in [-0.05, 0) is 5.56 Å². The van der Waals surface area contributed by atoms with Crippen molar-refractivity contribution in [1.82, 2.24) is 0 Å². The molecule has 0 aromatic heterocycles. The third kappa shape index (κ3) is 4.34. The number of benzene rings is 3. The van der Waals surface area contributed by atoms with Crippen molar-refractivity contribution in [2.75, 3.05) is 0 Å². The lowest BCUT2D eigenvalue weighted by atomic mass is 10.2. The van der Waals surface area contributed by atoms with Crippen LogP contribution < -0.4 is 10.4 Å². The molecule has 0 atom stereocenters. The highest BCUT2D eigenvalue weighted by atomic mass is 28.2. The molecular formula is C20H18N2Si. The number of hydrogen-bond donors (Lipinski definition) is 1. The molecule has 0 aliphatic rings. The summed E-state index contributed by atoms with van der Waals surface area (Å²) >= 11 is 0. The second-order valence-corrected chi connectivity index (χ2v) is 7.37. The number of nitrogens with zero attached hydrogens (tertiary/aromatic N) is 1. The molecule has 3 aromatic rings. The Labute approximate surface area is 138 Å². The number of hydrogen-bond acceptors (Lipinski definition) is 1. The van der Waals surface area contributed by atoms with E-state index in [1.54, 1.807) is 6.21 Å². The van der Waals surface area contributed by atoms with Gasteiger partial charge < -0.3 is 0 Å². The summed E-state index contributed by atoms with van der Waals surface area (Å²) in [5, 5.41) is 10.9. The van der Waals surface area contributed by atoms with Crippen molar-refractivity contribution in [3.8, 4) is 0 Å². The minimum absolute atomic E-state index is 0.303. The highest BCUT2D eigenvalue weighted by Crippen LogP contribution is 2.01. The molecule has 0 aliphatic heterocycles. The molecule has 0 radical (unpaired) electrons. The molecule has 3 rings (SSSR count). The normalized spacial score (nSPS) is 11.3. The van der Waals surface area contributed by atoms with Crippen molar-refractivity contribution < 1.29 is 0 Å². The first-order chi connectivity index (χ1) is 11.3. The van der Waals surface area contributed by atoms with Crippen LogP contribution in [0.15, 0.2) is 89.9 Å². The summed E-state index contributed by atoms with van der Waals surface area (Å²) < 4.78 is 0. The molecule has 3 aromatic carbocycles. The molecule has 0 heterocycles. The molecular weight excluding hydrogens is 296 g/mol. The van der Waals surface area contributed by atoms with Crippen LogP contribution in [0.3, 0.4) is 0 Å². The monoisotopic (exact) mass is 314 g/mol. The lowest BCUT2D eigenvalue weighted by Crippen LogP contribution is -2.27. The first-order valence-electron chi connectivity index (χ1n) is 7.62. The van der Waals surface area contributed by atoms with Gasteiger partial charge in [0.15, 0.2) is 5.84 Å². The Morgan fingerprint density at radius 3 is 2.17 bits per heavy atom. The van der Waals surface area contributed by atoms with Crippen LogP contribution in [-0.2, 0) is 0 Å². The highest BCUT2D eigenvalue weighted by molar-refractivity contribution is 6.67. The maximum atomic E-state index is 8.17. The third-order valence-corrected chi connectivity index (χ3v) is 5.32. The Morgan fingerprint density at radius 1 is 0.783 bits per heavy atom. The summed E-state index contributed by atoms with van der Waals surface area (Å²) in [5.41, 5.74) is 1.88. The average molecular weight is 314 g/mol. The van der Waals surface area contributed by atoms with Gasteiger partial charge in [0.05, 0.1) is 9.52 Å². The number of rotatable bonds is 4. The van der Waals surface area contributed by atoms with Crippen molar-refractivity contribution in [3.05, 3.63) is 96.1 Å². The lowest BCUT2D eigenvalue weighted by Gasteiger charge is -2.04. The fourth-order valence-electron chi connectivity index (χ4n) is 2.41. The average Bonchev–Trinajstić information content (AvgIpc) is 2.62. The van der Waals surface area contributed by atoms with Gasteiger partial charge in [0, 0.05) is 11.8 Å². The standard InChI is InChI=1S/C20H18N2Si/c21-20(22-15-16-8-3-1-4-9-16)17-10-7-13-19(14-17)23-18-11-5-2-6-12-18/h1-15,21H,23H2/b21-20?,22-15+. The summed E-state index contributed by atoms with van der Waals surface area (Å²) in [6, 6.07) is 28.7. The van der Waals surface area contributed by atoms with Crippen molar-refractivity contribution in [3.63, 3.8) is 0 Å². The van der Waals surface area contributed by atoms with Gasteiger partial charge in [0.1, 0.15) is 0 Å². The molecule has 0 unspecified atom stereocenters. The van der Waals surface area contributed by atoms with Crippen LogP contribution in [0, 0.1) is 5.41 Å². The predicted octanol–water partition coefficient (Wildman–Crippen LogP) is 2.25. The maximum Gasteiger partial charge on any atom is 0.151 e. The molecule has 0 amide bonds. The van der Waals surface area contributed by atoms with Gasteiger partial charge in [-0.1, -0.05) is 95.3 Å². The van der Waals surface area contributed by atoms with E-state index < -0.39 is 9.52 Å². The molecule has 0 aliphatic carbocycles. The molecule has 0 fully saturated rings. The molecule has 2 nitrogen and oxygen atoms in total. The second-order valence-electron chi connectivity index (χ2n) is 5.38. The van der Waals surface area contributed by atoms with E-state index in [1.807, 2.05) is 48.5 Å². The van der Waals surface area contributed by atoms with Crippen LogP contribution in [0.25, 0.3) is 0 Å². The van der Waals surface area contributed by atoms with E-state index in [9.17, 15) is 0 Å². The SMILES string of the molecule is N=C(/N=C/c1ccccc1)c1cccc([SiH2]c2ccccc2)c1. The Morgan fingerprint density at radius 2 is 1.43 bits per heavy atom. The van der Waals surface area contributed by atoms with Crippen molar-refractivity contribution in [2.24, 2.45) is 4.99 Å². The van der Waals surface area contributed by atoms with E-state index in [2.05, 4.69) is 41.4 Å². The summed E-state index contributed by atoms with van der Waals surface area (Å²) in [5.74, 6) is 0.303. The van der Waals surface area contributed by atoms with Crippen LogP contribution in [0.2, 0.25) is 0 Å². The molecule has 112 valence electrons. The van der Waals surface area contributed by atoms with E-state index in [1.165, 1.54) is 10.4 Å². The summed E-state index contributed by atoms with van der Waals surface area (Å²) in [6.07, 6.45) is 1.74. The van der Waals surface area contributed by atoms with E-state index in [4.69, 9.17) is 5.41 Å². The fourth-order valence-corrected chi connectivity index (χ4v) is 3.97. The predicted molar refractivity (Wildman–Crippen MR) is 102 cm³/mol. The summed E-state index contributed by atoms with van der Waals surface area (Å²) in [6.45, 7) is 0. The Hall–Kier alpha value is -2.78. The van der Waals surface area contributed by atoms with Crippen LogP contribution in [0.4, 0.5) is 0 Å². The van der Waals surface area contributed by atoms with Gasteiger partial charge in [-0.3, -0.25) is 5.41 Å². The Kier molecular flexibility index (Phi) is 4.91. The highest BCUT2D eigenvalue weighted by Gasteiger charge is 2.02. The zero-order valence-corrected chi connectivity index (χ0v) is 14.2. The first-order valence-corrected chi connectivity index (χ1v) is 9.03. The zero-order chi connectivity index (χ0) is 15.9. The third-order valence-electron chi connectivity index (χ3n) is 3.59. The first kappa shape index (κ1) is 15.1. The molecule has 1 N–H and O–H groups in total. The van der Waals surface area contributed by atoms with Gasteiger partial charge in [-0.25, -0.2) is 4.99 Å². The topological polar surface area (TPSA) is 36.2 Å². The summed E-state index contributed by atoms with van der Waals surface area (Å²) in [7, 11) is -0.501. The summed E-state index contributed by atoms with van der Waals surface area (Å²) in [4.78, 5) is 4.29. The van der Waals surface area contributed by atoms with Crippen molar-refractivity contribution in [2.45, 2.75) is 0 Å². The Balaban J connectivity index is 1.74. The molecule has 0 bridgehead atoms. The van der Waals surface area contributed by atoms with Gasteiger partial charge in [-0.2, -0.15) is 0 Å². The molecule has 0 saturated heterocycles. The van der Waals surface area contributed by atoms with Gasteiger partial charge in [-0.15, -0.1) is 0 Å². The minimum Gasteiger partial charge on any atom is -0.282 e. The number of nitrogens with one attached hydrogen (secondary N) is 1. The van der Waals surface area contributed by atoms with Crippen molar-refractivity contribution >= 4 is 31.9 Å². The van der Waals surface area contributed by atoms with Gasteiger partial charge >= 0.3 is 0 Å². The number of amidine groups is 1. The van der Waals surface area contributed by atoms with Crippen LogP contribution >= 0.6 is 0 Å². The molecule has 0 saturated carbocycles. The quantitative estimate of drug-likeness (QED) is 0.436. The minimum atomic E-state index is -0.501. The number of aliphatic imine (C=N–C) groups is 1. The second kappa shape index (κ2) is 7.47. The fraction of sp³-hybridized carbons (Fsp3) is 0. The van der Waals surface area contributed by atoms with Crippen LogP contribution in [-0.4, -0.2) is 21.6 Å². The largest absolute Gasteiger partial charge is 0.282 e. The van der Waals surface area contributed by atoms with E-state index in [0.29, 0.717) is 5.84 Å². The Bertz CT molecular complexity index is 811. The van der Waals surface area contributed by atoms with Crippen LogP contribution in [0.5, 0.6) is 0 Å². The van der Waals surface area contributed by atoms with E-state index in [0.717, 1.165) is 11.1 Å². The maximum absolute atomic E-state index is 8.17. The van der Waals surface area contributed by atoms with Gasteiger partial charge in [0.2, 0.25) is 0 Å².